The molecule has 1 atom stereocenters. The highest BCUT2D eigenvalue weighted by Gasteiger charge is 2.21. The Kier molecular flexibility index (Phi) is 4.21. The SMILES string of the molecule is CC(C)n1ccc(CN[C@H](C)C2CCCC2)n1. The molecule has 1 heterocycles. The largest absolute Gasteiger partial charge is 0.308 e. The maximum atomic E-state index is 4.56. The summed E-state index contributed by atoms with van der Waals surface area (Å²) in [6, 6.07) is 3.20. The van der Waals surface area contributed by atoms with Crippen LogP contribution in [0, 0.1) is 5.92 Å². The van der Waals surface area contributed by atoms with Crippen molar-refractivity contribution < 1.29 is 0 Å². The third-order valence-corrected chi connectivity index (χ3v) is 3.90. The maximum Gasteiger partial charge on any atom is 0.0762 e. The van der Waals surface area contributed by atoms with Crippen molar-refractivity contribution in [1.82, 2.24) is 15.1 Å². The van der Waals surface area contributed by atoms with Crippen molar-refractivity contribution in [2.24, 2.45) is 5.92 Å². The molecule has 0 saturated heterocycles. The van der Waals surface area contributed by atoms with Crippen LogP contribution in [-0.4, -0.2) is 15.8 Å². The molecule has 17 heavy (non-hydrogen) atoms. The van der Waals surface area contributed by atoms with E-state index in [-0.39, 0.29) is 0 Å². The van der Waals surface area contributed by atoms with Gasteiger partial charge >= 0.3 is 0 Å². The molecule has 3 nitrogen and oxygen atoms in total. The number of nitrogens with zero attached hydrogens (tertiary/aromatic N) is 2. The lowest BCUT2D eigenvalue weighted by Crippen LogP contribution is -2.31. The Morgan fingerprint density at radius 1 is 1.35 bits per heavy atom. The Morgan fingerprint density at radius 3 is 2.65 bits per heavy atom. The van der Waals surface area contributed by atoms with E-state index in [1.807, 2.05) is 4.68 Å². The number of rotatable bonds is 5. The lowest BCUT2D eigenvalue weighted by atomic mass is 10.00. The van der Waals surface area contributed by atoms with Crippen LogP contribution in [0.1, 0.15) is 58.2 Å². The van der Waals surface area contributed by atoms with Gasteiger partial charge in [0.15, 0.2) is 0 Å². The fraction of sp³-hybridized carbons (Fsp3) is 0.786. The third kappa shape index (κ3) is 3.32. The van der Waals surface area contributed by atoms with Gasteiger partial charge in [-0.15, -0.1) is 0 Å². The molecule has 1 saturated carbocycles. The summed E-state index contributed by atoms with van der Waals surface area (Å²) in [7, 11) is 0. The van der Waals surface area contributed by atoms with Gasteiger partial charge in [-0.25, -0.2) is 0 Å². The highest BCUT2D eigenvalue weighted by atomic mass is 15.3. The Bertz CT molecular complexity index is 337. The fourth-order valence-corrected chi connectivity index (χ4v) is 2.65. The molecule has 1 aromatic rings. The van der Waals surface area contributed by atoms with Crippen molar-refractivity contribution in [2.75, 3.05) is 0 Å². The van der Waals surface area contributed by atoms with Crippen molar-refractivity contribution in [3.63, 3.8) is 0 Å². The lowest BCUT2D eigenvalue weighted by Gasteiger charge is -2.19. The minimum Gasteiger partial charge on any atom is -0.308 e. The predicted octanol–water partition coefficient (Wildman–Crippen LogP) is 3.13. The van der Waals surface area contributed by atoms with E-state index in [9.17, 15) is 0 Å². The predicted molar refractivity (Wildman–Crippen MR) is 70.9 cm³/mol. The molecule has 96 valence electrons. The number of hydrogen-bond donors (Lipinski definition) is 1. The lowest BCUT2D eigenvalue weighted by molar-refractivity contribution is 0.377. The van der Waals surface area contributed by atoms with Gasteiger partial charge in [0.1, 0.15) is 0 Å². The van der Waals surface area contributed by atoms with Crippen LogP contribution in [0.2, 0.25) is 0 Å². The van der Waals surface area contributed by atoms with Crippen molar-refractivity contribution >= 4 is 0 Å². The summed E-state index contributed by atoms with van der Waals surface area (Å²) in [6.45, 7) is 7.53. The quantitative estimate of drug-likeness (QED) is 0.849. The smallest absolute Gasteiger partial charge is 0.0762 e. The van der Waals surface area contributed by atoms with E-state index in [2.05, 4.69) is 43.4 Å². The topological polar surface area (TPSA) is 29.9 Å². The first kappa shape index (κ1) is 12.6. The van der Waals surface area contributed by atoms with Gasteiger partial charge < -0.3 is 5.32 Å². The van der Waals surface area contributed by atoms with Crippen molar-refractivity contribution in [2.45, 2.75) is 65.1 Å². The van der Waals surface area contributed by atoms with Crippen LogP contribution >= 0.6 is 0 Å². The average molecular weight is 235 g/mol. The molecule has 3 heteroatoms. The Hall–Kier alpha value is -0.830. The molecule has 0 bridgehead atoms. The second-order valence-corrected chi connectivity index (χ2v) is 5.59. The summed E-state index contributed by atoms with van der Waals surface area (Å²) in [6.07, 6.45) is 7.70. The summed E-state index contributed by atoms with van der Waals surface area (Å²) in [5.41, 5.74) is 1.16. The second kappa shape index (κ2) is 5.67. The monoisotopic (exact) mass is 235 g/mol. The van der Waals surface area contributed by atoms with Crippen molar-refractivity contribution in [1.29, 1.82) is 0 Å². The minimum absolute atomic E-state index is 0.455. The van der Waals surface area contributed by atoms with Gasteiger partial charge in [0.2, 0.25) is 0 Å². The van der Waals surface area contributed by atoms with Crippen LogP contribution in [0.4, 0.5) is 0 Å². The zero-order chi connectivity index (χ0) is 12.3. The molecule has 1 aliphatic rings. The first-order chi connectivity index (χ1) is 8.16. The zero-order valence-electron chi connectivity index (χ0n) is 11.3. The van der Waals surface area contributed by atoms with Gasteiger partial charge in [0.05, 0.1) is 5.69 Å². The summed E-state index contributed by atoms with van der Waals surface area (Å²) >= 11 is 0. The molecule has 0 aliphatic heterocycles. The van der Waals surface area contributed by atoms with E-state index in [4.69, 9.17) is 0 Å². The van der Waals surface area contributed by atoms with E-state index >= 15 is 0 Å². The Labute approximate surface area is 105 Å². The summed E-state index contributed by atoms with van der Waals surface area (Å²) in [5, 5.41) is 8.18. The van der Waals surface area contributed by atoms with Crippen LogP contribution in [0.3, 0.4) is 0 Å². The van der Waals surface area contributed by atoms with Gasteiger partial charge in [-0.2, -0.15) is 5.10 Å². The van der Waals surface area contributed by atoms with Gasteiger partial charge in [-0.3, -0.25) is 4.68 Å². The molecule has 1 aliphatic carbocycles. The molecule has 0 amide bonds. The van der Waals surface area contributed by atoms with E-state index in [0.717, 1.165) is 18.2 Å². The Morgan fingerprint density at radius 2 is 2.06 bits per heavy atom. The van der Waals surface area contributed by atoms with Crippen LogP contribution in [-0.2, 0) is 6.54 Å². The molecule has 2 rings (SSSR count). The van der Waals surface area contributed by atoms with E-state index in [1.54, 1.807) is 0 Å². The standard InChI is InChI=1S/C14H25N3/c1-11(2)17-9-8-14(16-17)10-15-12(3)13-6-4-5-7-13/h8-9,11-13,15H,4-7,10H2,1-3H3/t12-/m1/s1. The molecule has 1 N–H and O–H groups in total. The molecule has 1 fully saturated rings. The van der Waals surface area contributed by atoms with E-state index < -0.39 is 0 Å². The first-order valence-corrected chi connectivity index (χ1v) is 6.94. The van der Waals surface area contributed by atoms with Crippen molar-refractivity contribution in [3.05, 3.63) is 18.0 Å². The molecule has 0 unspecified atom stereocenters. The normalized spacial score (nSPS) is 19.1. The minimum atomic E-state index is 0.455. The molecule has 0 spiro atoms. The summed E-state index contributed by atoms with van der Waals surface area (Å²) in [4.78, 5) is 0. The van der Waals surface area contributed by atoms with E-state index in [1.165, 1.54) is 25.7 Å². The van der Waals surface area contributed by atoms with Gasteiger partial charge in [-0.1, -0.05) is 12.8 Å². The molecular weight excluding hydrogens is 210 g/mol. The highest BCUT2D eigenvalue weighted by Crippen LogP contribution is 2.27. The first-order valence-electron chi connectivity index (χ1n) is 6.94. The van der Waals surface area contributed by atoms with E-state index in [0.29, 0.717) is 12.1 Å². The number of hydrogen-bond acceptors (Lipinski definition) is 2. The van der Waals surface area contributed by atoms with Gasteiger partial charge in [0.25, 0.3) is 0 Å². The summed E-state index contributed by atoms with van der Waals surface area (Å²) in [5.74, 6) is 0.877. The molecule has 0 radical (unpaired) electrons. The number of aromatic nitrogens is 2. The molecule has 0 aromatic carbocycles. The second-order valence-electron chi connectivity index (χ2n) is 5.59. The summed E-state index contributed by atoms with van der Waals surface area (Å²) < 4.78 is 2.03. The van der Waals surface area contributed by atoms with Crippen LogP contribution in [0.25, 0.3) is 0 Å². The van der Waals surface area contributed by atoms with Crippen LogP contribution in [0.5, 0.6) is 0 Å². The van der Waals surface area contributed by atoms with Gasteiger partial charge in [0, 0.05) is 24.8 Å². The number of nitrogens with one attached hydrogen (secondary N) is 1. The fourth-order valence-electron chi connectivity index (χ4n) is 2.65. The third-order valence-electron chi connectivity index (χ3n) is 3.90. The maximum absolute atomic E-state index is 4.56. The van der Waals surface area contributed by atoms with Crippen molar-refractivity contribution in [3.8, 4) is 0 Å². The zero-order valence-corrected chi connectivity index (χ0v) is 11.3. The molecular formula is C14H25N3. The van der Waals surface area contributed by atoms with Crippen LogP contribution in [0.15, 0.2) is 12.3 Å². The van der Waals surface area contributed by atoms with Crippen LogP contribution < -0.4 is 5.32 Å². The van der Waals surface area contributed by atoms with Gasteiger partial charge in [-0.05, 0) is 45.6 Å². The highest BCUT2D eigenvalue weighted by molar-refractivity contribution is 4.99. The average Bonchev–Trinajstić information content (AvgIpc) is 2.97. The Balaban J connectivity index is 1.80. The molecule has 1 aromatic heterocycles.